The van der Waals surface area contributed by atoms with Gasteiger partial charge in [-0.3, -0.25) is 4.79 Å². The number of aryl methyl sites for hydroxylation is 1. The number of benzene rings is 1. The summed E-state index contributed by atoms with van der Waals surface area (Å²) in [6.45, 7) is 4.84. The van der Waals surface area contributed by atoms with Crippen molar-refractivity contribution in [1.29, 1.82) is 0 Å². The van der Waals surface area contributed by atoms with Gasteiger partial charge in [0.05, 0.1) is 24.3 Å². The Balaban J connectivity index is 2.24. The van der Waals surface area contributed by atoms with E-state index < -0.39 is 0 Å². The quantitative estimate of drug-likeness (QED) is 0.869. The van der Waals surface area contributed by atoms with Gasteiger partial charge in [0.15, 0.2) is 0 Å². The smallest absolute Gasteiger partial charge is 0.258 e. The molecule has 6 heteroatoms. The second kappa shape index (κ2) is 4.94. The maximum absolute atomic E-state index is 12.0. The van der Waals surface area contributed by atoms with E-state index >= 15 is 0 Å². The summed E-state index contributed by atoms with van der Waals surface area (Å²) >= 11 is 3.46. The second-order valence-corrected chi connectivity index (χ2v) is 5.49. The standard InChI is InChI=1S/C13H14BrN3O2/c1-8-15-12-10(13(18)16-8)6-9(14)7-11(12)17-2-4-19-5-3-17/h6-7H,2-5H2,1H3,(H,15,16,18). The van der Waals surface area contributed by atoms with E-state index in [4.69, 9.17) is 4.74 Å². The summed E-state index contributed by atoms with van der Waals surface area (Å²) in [7, 11) is 0. The Bertz CT molecular complexity index is 677. The molecule has 2 heterocycles. The second-order valence-electron chi connectivity index (χ2n) is 4.57. The van der Waals surface area contributed by atoms with Crippen molar-refractivity contribution in [1.82, 2.24) is 9.97 Å². The van der Waals surface area contributed by atoms with Crippen molar-refractivity contribution >= 4 is 32.5 Å². The van der Waals surface area contributed by atoms with Crippen LogP contribution in [-0.4, -0.2) is 36.3 Å². The van der Waals surface area contributed by atoms with Crippen molar-refractivity contribution in [2.45, 2.75) is 6.92 Å². The van der Waals surface area contributed by atoms with Gasteiger partial charge in [-0.1, -0.05) is 15.9 Å². The fraction of sp³-hybridized carbons (Fsp3) is 0.385. The van der Waals surface area contributed by atoms with Crippen LogP contribution in [0.2, 0.25) is 0 Å². The minimum absolute atomic E-state index is 0.0988. The summed E-state index contributed by atoms with van der Waals surface area (Å²) in [6, 6.07) is 3.82. The zero-order valence-electron chi connectivity index (χ0n) is 10.6. The molecule has 100 valence electrons. The zero-order chi connectivity index (χ0) is 13.4. The van der Waals surface area contributed by atoms with E-state index in [1.807, 2.05) is 12.1 Å². The van der Waals surface area contributed by atoms with Crippen LogP contribution in [0.5, 0.6) is 0 Å². The van der Waals surface area contributed by atoms with Gasteiger partial charge in [0.25, 0.3) is 5.56 Å². The van der Waals surface area contributed by atoms with Crippen molar-refractivity contribution < 1.29 is 4.74 Å². The number of aromatic amines is 1. The van der Waals surface area contributed by atoms with Gasteiger partial charge < -0.3 is 14.6 Å². The summed E-state index contributed by atoms with van der Waals surface area (Å²) in [5.41, 5.74) is 1.64. The molecular formula is C13H14BrN3O2. The predicted molar refractivity (Wildman–Crippen MR) is 77.8 cm³/mol. The van der Waals surface area contributed by atoms with E-state index in [0.717, 1.165) is 28.8 Å². The molecule has 5 nitrogen and oxygen atoms in total. The third kappa shape index (κ3) is 2.37. The molecule has 1 aliphatic heterocycles. The minimum atomic E-state index is -0.0988. The van der Waals surface area contributed by atoms with Crippen LogP contribution in [0, 0.1) is 6.92 Å². The van der Waals surface area contributed by atoms with E-state index in [9.17, 15) is 4.79 Å². The van der Waals surface area contributed by atoms with Crippen LogP contribution in [0.3, 0.4) is 0 Å². The predicted octanol–water partition coefficient (Wildman–Crippen LogP) is 1.83. The van der Waals surface area contributed by atoms with Crippen LogP contribution in [0.25, 0.3) is 10.9 Å². The Kier molecular flexibility index (Phi) is 3.28. The largest absolute Gasteiger partial charge is 0.378 e. The maximum Gasteiger partial charge on any atom is 0.258 e. The molecule has 0 saturated carbocycles. The summed E-state index contributed by atoms with van der Waals surface area (Å²) in [6.07, 6.45) is 0. The van der Waals surface area contributed by atoms with Gasteiger partial charge in [-0.15, -0.1) is 0 Å². The van der Waals surface area contributed by atoms with Crippen molar-refractivity contribution in [3.63, 3.8) is 0 Å². The van der Waals surface area contributed by atoms with E-state index in [0.29, 0.717) is 24.4 Å². The van der Waals surface area contributed by atoms with Crippen LogP contribution in [-0.2, 0) is 4.74 Å². The topological polar surface area (TPSA) is 58.2 Å². The van der Waals surface area contributed by atoms with Gasteiger partial charge in [-0.25, -0.2) is 4.98 Å². The van der Waals surface area contributed by atoms with Crippen LogP contribution < -0.4 is 10.5 Å². The summed E-state index contributed by atoms with van der Waals surface area (Å²) in [5.74, 6) is 0.634. The van der Waals surface area contributed by atoms with Crippen LogP contribution >= 0.6 is 15.9 Å². The number of hydrogen-bond acceptors (Lipinski definition) is 4. The number of nitrogens with one attached hydrogen (secondary N) is 1. The number of ether oxygens (including phenoxy) is 1. The molecular weight excluding hydrogens is 310 g/mol. The highest BCUT2D eigenvalue weighted by Gasteiger charge is 2.17. The number of rotatable bonds is 1. The molecule has 3 rings (SSSR count). The Morgan fingerprint density at radius 2 is 2.11 bits per heavy atom. The van der Waals surface area contributed by atoms with E-state index in [-0.39, 0.29) is 5.56 Å². The maximum atomic E-state index is 12.0. The first-order valence-electron chi connectivity index (χ1n) is 6.18. The molecule has 0 atom stereocenters. The summed E-state index contributed by atoms with van der Waals surface area (Å²) in [4.78, 5) is 21.5. The molecule has 0 bridgehead atoms. The number of halogens is 1. The lowest BCUT2D eigenvalue weighted by molar-refractivity contribution is 0.123. The van der Waals surface area contributed by atoms with Crippen molar-refractivity contribution in [3.8, 4) is 0 Å². The number of H-pyrrole nitrogens is 1. The fourth-order valence-corrected chi connectivity index (χ4v) is 2.79. The molecule has 1 aliphatic rings. The minimum Gasteiger partial charge on any atom is -0.378 e. The van der Waals surface area contributed by atoms with Crippen molar-refractivity contribution in [2.75, 3.05) is 31.2 Å². The number of anilines is 1. The first-order valence-corrected chi connectivity index (χ1v) is 6.97. The number of nitrogens with zero attached hydrogens (tertiary/aromatic N) is 2. The molecule has 19 heavy (non-hydrogen) atoms. The molecule has 0 unspecified atom stereocenters. The normalized spacial score (nSPS) is 16.0. The number of morpholine rings is 1. The number of aromatic nitrogens is 2. The molecule has 0 aliphatic carbocycles. The highest BCUT2D eigenvalue weighted by Crippen LogP contribution is 2.28. The molecule has 1 aromatic carbocycles. The first kappa shape index (κ1) is 12.6. The average Bonchev–Trinajstić information content (AvgIpc) is 2.40. The Morgan fingerprint density at radius 3 is 2.84 bits per heavy atom. The van der Waals surface area contributed by atoms with Crippen LogP contribution in [0.1, 0.15) is 5.82 Å². The molecule has 0 amide bonds. The van der Waals surface area contributed by atoms with Gasteiger partial charge >= 0.3 is 0 Å². The third-order valence-electron chi connectivity index (χ3n) is 3.22. The highest BCUT2D eigenvalue weighted by atomic mass is 79.9. The van der Waals surface area contributed by atoms with Gasteiger partial charge in [-0.2, -0.15) is 0 Å². The average molecular weight is 324 g/mol. The van der Waals surface area contributed by atoms with Gasteiger partial charge in [0.2, 0.25) is 0 Å². The number of fused-ring (bicyclic) bond motifs is 1. The third-order valence-corrected chi connectivity index (χ3v) is 3.68. The lowest BCUT2D eigenvalue weighted by atomic mass is 10.2. The van der Waals surface area contributed by atoms with E-state index in [1.165, 1.54) is 0 Å². The SMILES string of the molecule is Cc1nc2c(N3CCOCC3)cc(Br)cc2c(=O)[nH]1. The van der Waals surface area contributed by atoms with Crippen molar-refractivity contribution in [2.24, 2.45) is 0 Å². The lowest BCUT2D eigenvalue weighted by Crippen LogP contribution is -2.36. The Labute approximate surface area is 118 Å². The molecule has 1 aromatic heterocycles. The van der Waals surface area contributed by atoms with Crippen LogP contribution in [0.4, 0.5) is 5.69 Å². The van der Waals surface area contributed by atoms with E-state index in [2.05, 4.69) is 30.8 Å². The summed E-state index contributed by atoms with van der Waals surface area (Å²) < 4.78 is 6.26. The van der Waals surface area contributed by atoms with Gasteiger partial charge in [-0.05, 0) is 19.1 Å². The molecule has 1 fully saturated rings. The number of hydrogen-bond donors (Lipinski definition) is 1. The monoisotopic (exact) mass is 323 g/mol. The summed E-state index contributed by atoms with van der Waals surface area (Å²) in [5, 5.41) is 0.612. The van der Waals surface area contributed by atoms with Gasteiger partial charge in [0, 0.05) is 17.6 Å². The fourth-order valence-electron chi connectivity index (χ4n) is 2.35. The van der Waals surface area contributed by atoms with E-state index in [1.54, 1.807) is 6.92 Å². The first-order chi connectivity index (χ1) is 9.15. The molecule has 0 spiro atoms. The molecule has 2 aromatic rings. The molecule has 1 saturated heterocycles. The molecule has 1 N–H and O–H groups in total. The Hall–Kier alpha value is -1.40. The molecule has 0 radical (unpaired) electrons. The Morgan fingerprint density at radius 1 is 1.37 bits per heavy atom. The van der Waals surface area contributed by atoms with Crippen molar-refractivity contribution in [3.05, 3.63) is 32.8 Å². The lowest BCUT2D eigenvalue weighted by Gasteiger charge is -2.29. The zero-order valence-corrected chi connectivity index (χ0v) is 12.2. The van der Waals surface area contributed by atoms with Crippen LogP contribution in [0.15, 0.2) is 21.4 Å². The van der Waals surface area contributed by atoms with Gasteiger partial charge in [0.1, 0.15) is 11.3 Å². The highest BCUT2D eigenvalue weighted by molar-refractivity contribution is 9.10.